The maximum absolute atomic E-state index is 12.6. The van der Waals surface area contributed by atoms with E-state index in [9.17, 15) is 9.59 Å². The summed E-state index contributed by atoms with van der Waals surface area (Å²) in [6.07, 6.45) is 6.15. The summed E-state index contributed by atoms with van der Waals surface area (Å²) in [7, 11) is 1.62. The lowest BCUT2D eigenvalue weighted by atomic mass is 9.96. The standard InChI is InChI=1S/C20H28N2O4/c1-14(23)22-11-9-15(10-12-22)20(24)21-16-7-8-18(25-2)19(13-16)26-17-5-3-4-6-17/h7-8,13,15,17H,3-6,9-12H2,1-2H3,(H,21,24). The van der Waals surface area contributed by atoms with Gasteiger partial charge >= 0.3 is 0 Å². The second kappa shape index (κ2) is 8.43. The molecule has 1 heterocycles. The van der Waals surface area contributed by atoms with E-state index < -0.39 is 0 Å². The minimum Gasteiger partial charge on any atom is -0.493 e. The number of ether oxygens (including phenoxy) is 2. The van der Waals surface area contributed by atoms with E-state index in [0.717, 1.165) is 18.5 Å². The molecule has 2 aliphatic rings. The third kappa shape index (κ3) is 4.48. The summed E-state index contributed by atoms with van der Waals surface area (Å²) in [5.74, 6) is 1.39. The first kappa shape index (κ1) is 18.5. The number of nitrogens with zero attached hydrogens (tertiary/aromatic N) is 1. The molecule has 142 valence electrons. The van der Waals surface area contributed by atoms with Gasteiger partial charge in [0.25, 0.3) is 0 Å². The van der Waals surface area contributed by atoms with Crippen LogP contribution in [0.3, 0.4) is 0 Å². The van der Waals surface area contributed by atoms with Crippen molar-refractivity contribution in [3.05, 3.63) is 18.2 Å². The average Bonchev–Trinajstić information content (AvgIpc) is 3.15. The summed E-state index contributed by atoms with van der Waals surface area (Å²) in [4.78, 5) is 25.8. The highest BCUT2D eigenvalue weighted by molar-refractivity contribution is 5.93. The molecule has 1 aliphatic heterocycles. The summed E-state index contributed by atoms with van der Waals surface area (Å²) in [6.45, 7) is 2.86. The zero-order chi connectivity index (χ0) is 18.5. The highest BCUT2D eigenvalue weighted by atomic mass is 16.5. The van der Waals surface area contributed by atoms with Gasteiger partial charge in [0.2, 0.25) is 11.8 Å². The largest absolute Gasteiger partial charge is 0.493 e. The van der Waals surface area contributed by atoms with E-state index in [2.05, 4.69) is 5.32 Å². The fourth-order valence-electron chi connectivity index (χ4n) is 3.73. The van der Waals surface area contributed by atoms with E-state index >= 15 is 0 Å². The van der Waals surface area contributed by atoms with Gasteiger partial charge in [-0.1, -0.05) is 0 Å². The van der Waals surface area contributed by atoms with Crippen LogP contribution in [0.4, 0.5) is 5.69 Å². The summed E-state index contributed by atoms with van der Waals surface area (Å²) in [5.41, 5.74) is 0.720. The first-order valence-corrected chi connectivity index (χ1v) is 9.48. The average molecular weight is 360 g/mol. The predicted octanol–water partition coefficient (Wildman–Crippen LogP) is 3.21. The quantitative estimate of drug-likeness (QED) is 0.875. The van der Waals surface area contributed by atoms with Gasteiger partial charge in [-0.05, 0) is 50.7 Å². The lowest BCUT2D eigenvalue weighted by Gasteiger charge is -2.30. The lowest BCUT2D eigenvalue weighted by Crippen LogP contribution is -2.40. The Hall–Kier alpha value is -2.24. The van der Waals surface area contributed by atoms with Crippen molar-refractivity contribution < 1.29 is 19.1 Å². The van der Waals surface area contributed by atoms with Crippen molar-refractivity contribution in [1.29, 1.82) is 0 Å². The Bertz CT molecular complexity index is 647. The lowest BCUT2D eigenvalue weighted by molar-refractivity contribution is -0.132. The van der Waals surface area contributed by atoms with Crippen LogP contribution in [0, 0.1) is 5.92 Å². The van der Waals surface area contributed by atoms with Crippen LogP contribution in [-0.2, 0) is 9.59 Å². The number of piperidine rings is 1. The van der Waals surface area contributed by atoms with Gasteiger partial charge in [-0.3, -0.25) is 9.59 Å². The first-order chi connectivity index (χ1) is 12.6. The zero-order valence-corrected chi connectivity index (χ0v) is 15.6. The Morgan fingerprint density at radius 1 is 1.08 bits per heavy atom. The Kier molecular flexibility index (Phi) is 6.01. The first-order valence-electron chi connectivity index (χ1n) is 9.48. The molecule has 1 saturated carbocycles. The van der Waals surface area contributed by atoms with Gasteiger partial charge in [-0.2, -0.15) is 0 Å². The molecule has 0 atom stereocenters. The Morgan fingerprint density at radius 3 is 2.38 bits per heavy atom. The van der Waals surface area contributed by atoms with Crippen LogP contribution in [0.2, 0.25) is 0 Å². The molecule has 0 aromatic heterocycles. The van der Waals surface area contributed by atoms with E-state index in [1.807, 2.05) is 18.2 Å². The number of hydrogen-bond donors (Lipinski definition) is 1. The number of benzene rings is 1. The Labute approximate surface area is 154 Å². The molecule has 6 heteroatoms. The number of carbonyl (C=O) groups excluding carboxylic acids is 2. The molecule has 1 saturated heterocycles. The molecule has 6 nitrogen and oxygen atoms in total. The van der Waals surface area contributed by atoms with Gasteiger partial charge in [0, 0.05) is 37.7 Å². The summed E-state index contributed by atoms with van der Waals surface area (Å²) in [6, 6.07) is 5.51. The van der Waals surface area contributed by atoms with Gasteiger partial charge in [-0.25, -0.2) is 0 Å². The van der Waals surface area contributed by atoms with Gasteiger partial charge < -0.3 is 19.7 Å². The number of hydrogen-bond acceptors (Lipinski definition) is 4. The minimum absolute atomic E-state index is 0.00480. The van der Waals surface area contributed by atoms with Gasteiger partial charge in [0.05, 0.1) is 13.2 Å². The van der Waals surface area contributed by atoms with Crippen LogP contribution in [0.25, 0.3) is 0 Å². The summed E-state index contributed by atoms with van der Waals surface area (Å²) < 4.78 is 11.5. The number of nitrogens with one attached hydrogen (secondary N) is 1. The van der Waals surface area contributed by atoms with Gasteiger partial charge in [0.1, 0.15) is 0 Å². The van der Waals surface area contributed by atoms with Crippen LogP contribution in [-0.4, -0.2) is 43.0 Å². The smallest absolute Gasteiger partial charge is 0.227 e. The molecule has 0 radical (unpaired) electrons. The number of rotatable bonds is 5. The third-order valence-corrected chi connectivity index (χ3v) is 5.34. The molecule has 1 aliphatic carbocycles. The second-order valence-corrected chi connectivity index (χ2v) is 7.16. The fraction of sp³-hybridized carbons (Fsp3) is 0.600. The van der Waals surface area contributed by atoms with Crippen molar-refractivity contribution in [1.82, 2.24) is 4.90 Å². The molecule has 2 amide bonds. The molecule has 1 aromatic carbocycles. The van der Waals surface area contributed by atoms with Crippen molar-refractivity contribution in [2.45, 2.75) is 51.6 Å². The third-order valence-electron chi connectivity index (χ3n) is 5.34. The van der Waals surface area contributed by atoms with Crippen LogP contribution in [0.1, 0.15) is 45.4 Å². The molecule has 1 aromatic rings. The molecular weight excluding hydrogens is 332 g/mol. The topological polar surface area (TPSA) is 67.9 Å². The molecule has 26 heavy (non-hydrogen) atoms. The SMILES string of the molecule is COc1ccc(NC(=O)C2CCN(C(C)=O)CC2)cc1OC1CCCC1. The number of carbonyl (C=O) groups is 2. The molecular formula is C20H28N2O4. The Morgan fingerprint density at radius 2 is 1.77 bits per heavy atom. The normalized spacial score (nSPS) is 18.6. The highest BCUT2D eigenvalue weighted by Crippen LogP contribution is 2.34. The molecule has 2 fully saturated rings. The van der Waals surface area contributed by atoms with Crippen LogP contribution in [0.5, 0.6) is 11.5 Å². The summed E-state index contributed by atoms with van der Waals surface area (Å²) >= 11 is 0. The molecule has 1 N–H and O–H groups in total. The molecule has 0 spiro atoms. The van der Waals surface area contributed by atoms with Crippen LogP contribution >= 0.6 is 0 Å². The number of likely N-dealkylation sites (tertiary alicyclic amines) is 1. The highest BCUT2D eigenvalue weighted by Gasteiger charge is 2.26. The molecule has 3 rings (SSSR count). The van der Waals surface area contributed by atoms with Crippen molar-refractivity contribution in [3.8, 4) is 11.5 Å². The maximum atomic E-state index is 12.6. The maximum Gasteiger partial charge on any atom is 0.227 e. The second-order valence-electron chi connectivity index (χ2n) is 7.16. The number of amides is 2. The van der Waals surface area contributed by atoms with Crippen LogP contribution < -0.4 is 14.8 Å². The predicted molar refractivity (Wildman–Crippen MR) is 99.5 cm³/mol. The van der Waals surface area contributed by atoms with Crippen molar-refractivity contribution >= 4 is 17.5 Å². The van der Waals surface area contributed by atoms with E-state index in [-0.39, 0.29) is 23.8 Å². The monoisotopic (exact) mass is 360 g/mol. The van der Waals surface area contributed by atoms with Crippen LogP contribution in [0.15, 0.2) is 18.2 Å². The van der Waals surface area contributed by atoms with Crippen molar-refractivity contribution in [3.63, 3.8) is 0 Å². The van der Waals surface area contributed by atoms with E-state index in [0.29, 0.717) is 37.4 Å². The number of methoxy groups -OCH3 is 1. The summed E-state index contributed by atoms with van der Waals surface area (Å²) in [5, 5.41) is 2.99. The number of anilines is 1. The fourth-order valence-corrected chi connectivity index (χ4v) is 3.73. The van der Waals surface area contributed by atoms with E-state index in [1.54, 1.807) is 18.9 Å². The minimum atomic E-state index is -0.0631. The van der Waals surface area contributed by atoms with Crippen molar-refractivity contribution in [2.75, 3.05) is 25.5 Å². The van der Waals surface area contributed by atoms with Crippen molar-refractivity contribution in [2.24, 2.45) is 5.92 Å². The molecule has 0 bridgehead atoms. The van der Waals surface area contributed by atoms with Gasteiger partial charge in [0.15, 0.2) is 11.5 Å². The Balaban J connectivity index is 1.62. The van der Waals surface area contributed by atoms with E-state index in [4.69, 9.17) is 9.47 Å². The zero-order valence-electron chi connectivity index (χ0n) is 15.6. The molecule has 0 unspecified atom stereocenters. The van der Waals surface area contributed by atoms with Gasteiger partial charge in [-0.15, -0.1) is 0 Å². The van der Waals surface area contributed by atoms with E-state index in [1.165, 1.54) is 12.8 Å².